The molecule has 13 heavy (non-hydrogen) atoms. The second-order valence-electron chi connectivity index (χ2n) is 2.28. The second kappa shape index (κ2) is 4.63. The Morgan fingerprint density at radius 1 is 1.46 bits per heavy atom. The van der Waals surface area contributed by atoms with Gasteiger partial charge in [-0.05, 0) is 17.7 Å². The molecule has 0 fully saturated rings. The highest BCUT2D eigenvalue weighted by atomic mass is 31.1. The fourth-order valence-electron chi connectivity index (χ4n) is 0.927. The molecule has 0 aliphatic carbocycles. The third-order valence-electron chi connectivity index (χ3n) is 1.56. The number of rotatable bonds is 4. The minimum Gasteiger partial charge on any atom is -0.493 e. The molecule has 4 heteroatoms. The molecule has 0 unspecified atom stereocenters. The Hall–Kier alpha value is -1.34. The van der Waals surface area contributed by atoms with Gasteiger partial charge in [-0.1, -0.05) is 18.7 Å². The Kier molecular flexibility index (Phi) is 3.47. The Morgan fingerprint density at radius 3 is 2.77 bits per heavy atom. The molecule has 0 aliphatic heterocycles. The van der Waals surface area contributed by atoms with Gasteiger partial charge in [0, 0.05) is 0 Å². The standard InChI is InChI=1S/C9H9O3P/c1-3-7-4-5-8(12-13-10)9(6-7)11-2/h3-6H,1H2,2H3. The molecule has 0 radical (unpaired) electrons. The molecule has 0 amide bonds. The fraction of sp³-hybridized carbons (Fsp3) is 0.111. The number of hydrogen-bond donors (Lipinski definition) is 0. The average Bonchev–Trinajstić information content (AvgIpc) is 2.19. The van der Waals surface area contributed by atoms with Crippen LogP contribution in [0, 0.1) is 0 Å². The lowest BCUT2D eigenvalue weighted by atomic mass is 10.2. The van der Waals surface area contributed by atoms with Crippen molar-refractivity contribution in [2.75, 3.05) is 7.11 Å². The highest BCUT2D eigenvalue weighted by molar-refractivity contribution is 7.17. The third kappa shape index (κ3) is 2.30. The summed E-state index contributed by atoms with van der Waals surface area (Å²) in [5.74, 6) is 0.991. The average molecular weight is 196 g/mol. The van der Waals surface area contributed by atoms with Gasteiger partial charge in [0.1, 0.15) is 0 Å². The molecule has 0 N–H and O–H groups in total. The predicted molar refractivity (Wildman–Crippen MR) is 51.3 cm³/mol. The van der Waals surface area contributed by atoms with Crippen molar-refractivity contribution in [2.45, 2.75) is 0 Å². The molecule has 1 rings (SSSR count). The summed E-state index contributed by atoms with van der Waals surface area (Å²) in [6.45, 7) is 3.62. The summed E-state index contributed by atoms with van der Waals surface area (Å²) >= 11 is 0. The number of methoxy groups -OCH3 is 1. The highest BCUT2D eigenvalue weighted by Gasteiger charge is 2.03. The molecular weight excluding hydrogens is 187 g/mol. The third-order valence-corrected chi connectivity index (χ3v) is 1.83. The van der Waals surface area contributed by atoms with Crippen LogP contribution in [0.3, 0.4) is 0 Å². The van der Waals surface area contributed by atoms with Gasteiger partial charge in [0.15, 0.2) is 11.5 Å². The molecule has 0 aromatic heterocycles. The fourth-order valence-corrected chi connectivity index (χ4v) is 1.16. The SMILES string of the molecule is C=Cc1ccc(OP=O)c(OC)c1. The highest BCUT2D eigenvalue weighted by Crippen LogP contribution is 2.30. The molecule has 1 aromatic rings. The van der Waals surface area contributed by atoms with E-state index in [9.17, 15) is 4.57 Å². The maximum atomic E-state index is 10.2. The van der Waals surface area contributed by atoms with Crippen LogP contribution in [0.15, 0.2) is 24.8 Å². The van der Waals surface area contributed by atoms with Gasteiger partial charge >= 0.3 is 8.69 Å². The van der Waals surface area contributed by atoms with E-state index in [1.165, 1.54) is 7.11 Å². The van der Waals surface area contributed by atoms with E-state index in [0.29, 0.717) is 11.5 Å². The molecule has 0 aliphatic rings. The molecule has 0 spiro atoms. The minimum absolute atomic E-state index is 0.391. The summed E-state index contributed by atoms with van der Waals surface area (Å²) in [7, 11) is 1.13. The lowest BCUT2D eigenvalue weighted by Gasteiger charge is -2.05. The first-order valence-electron chi connectivity index (χ1n) is 3.62. The van der Waals surface area contributed by atoms with Gasteiger partial charge in [-0.3, -0.25) is 0 Å². The van der Waals surface area contributed by atoms with Crippen LogP contribution in [0.2, 0.25) is 0 Å². The van der Waals surface area contributed by atoms with Crippen LogP contribution < -0.4 is 9.26 Å². The monoisotopic (exact) mass is 196 g/mol. The van der Waals surface area contributed by atoms with Crippen LogP contribution in [-0.4, -0.2) is 7.11 Å². The van der Waals surface area contributed by atoms with Crippen molar-refractivity contribution >= 4 is 14.8 Å². The molecule has 0 bridgehead atoms. The maximum absolute atomic E-state index is 10.2. The summed E-state index contributed by atoms with van der Waals surface area (Å²) in [6.07, 6.45) is 1.70. The van der Waals surface area contributed by atoms with Crippen LogP contribution in [0.5, 0.6) is 11.5 Å². The van der Waals surface area contributed by atoms with Crippen molar-refractivity contribution in [2.24, 2.45) is 0 Å². The molecule has 0 heterocycles. The van der Waals surface area contributed by atoms with Crippen LogP contribution in [0.4, 0.5) is 0 Å². The summed E-state index contributed by atoms with van der Waals surface area (Å²) < 4.78 is 20.0. The molecule has 68 valence electrons. The van der Waals surface area contributed by atoms with Crippen molar-refractivity contribution in [1.29, 1.82) is 0 Å². The number of hydrogen-bond acceptors (Lipinski definition) is 3. The van der Waals surface area contributed by atoms with Crippen molar-refractivity contribution in [3.63, 3.8) is 0 Å². The van der Waals surface area contributed by atoms with E-state index in [1.807, 2.05) is 0 Å². The van der Waals surface area contributed by atoms with E-state index in [2.05, 4.69) is 6.58 Å². The van der Waals surface area contributed by atoms with Crippen molar-refractivity contribution in [3.8, 4) is 11.5 Å². The van der Waals surface area contributed by atoms with E-state index < -0.39 is 8.69 Å². The van der Waals surface area contributed by atoms with E-state index in [1.54, 1.807) is 24.3 Å². The van der Waals surface area contributed by atoms with E-state index >= 15 is 0 Å². The summed E-state index contributed by atoms with van der Waals surface area (Å²) in [4.78, 5) is 0. The van der Waals surface area contributed by atoms with Gasteiger partial charge in [0.25, 0.3) is 0 Å². The van der Waals surface area contributed by atoms with Gasteiger partial charge in [-0.2, -0.15) is 0 Å². The molecular formula is C9H9O3P. The Balaban J connectivity index is 3.06. The van der Waals surface area contributed by atoms with Gasteiger partial charge in [0.2, 0.25) is 0 Å². The lowest BCUT2D eigenvalue weighted by Crippen LogP contribution is -1.87. The van der Waals surface area contributed by atoms with Crippen LogP contribution >= 0.6 is 8.69 Å². The molecule has 0 saturated carbocycles. The zero-order chi connectivity index (χ0) is 9.68. The van der Waals surface area contributed by atoms with Crippen LogP contribution in [0.1, 0.15) is 5.56 Å². The summed E-state index contributed by atoms with van der Waals surface area (Å²) in [5.41, 5.74) is 0.923. The van der Waals surface area contributed by atoms with Crippen LogP contribution in [-0.2, 0) is 4.57 Å². The Labute approximate surface area is 78.3 Å². The van der Waals surface area contributed by atoms with Crippen LogP contribution in [0.25, 0.3) is 6.08 Å². The number of ether oxygens (including phenoxy) is 1. The smallest absolute Gasteiger partial charge is 0.395 e. The predicted octanol–water partition coefficient (Wildman–Crippen LogP) is 2.92. The first-order valence-corrected chi connectivity index (χ1v) is 4.35. The molecule has 0 atom stereocenters. The molecule has 3 nitrogen and oxygen atoms in total. The largest absolute Gasteiger partial charge is 0.493 e. The normalized spacial score (nSPS) is 9.62. The van der Waals surface area contributed by atoms with Gasteiger partial charge in [-0.25, -0.2) is 4.57 Å². The van der Waals surface area contributed by atoms with Crippen molar-refractivity contribution in [1.82, 2.24) is 0 Å². The minimum atomic E-state index is -0.391. The quantitative estimate of drug-likeness (QED) is 0.694. The molecule has 1 aromatic carbocycles. The summed E-state index contributed by atoms with van der Waals surface area (Å²) in [6, 6.07) is 5.24. The zero-order valence-corrected chi connectivity index (χ0v) is 8.08. The lowest BCUT2D eigenvalue weighted by molar-refractivity contribution is 0.395. The second-order valence-corrected chi connectivity index (χ2v) is 2.61. The van der Waals surface area contributed by atoms with Gasteiger partial charge in [-0.15, -0.1) is 0 Å². The van der Waals surface area contributed by atoms with E-state index in [4.69, 9.17) is 9.26 Å². The van der Waals surface area contributed by atoms with Gasteiger partial charge < -0.3 is 9.26 Å². The Morgan fingerprint density at radius 2 is 2.23 bits per heavy atom. The number of benzene rings is 1. The van der Waals surface area contributed by atoms with Crippen molar-refractivity contribution < 1.29 is 13.8 Å². The topological polar surface area (TPSA) is 35.5 Å². The summed E-state index contributed by atoms with van der Waals surface area (Å²) in [5, 5.41) is 0. The van der Waals surface area contributed by atoms with E-state index in [-0.39, 0.29) is 0 Å². The maximum Gasteiger partial charge on any atom is 0.395 e. The zero-order valence-electron chi connectivity index (χ0n) is 7.19. The first kappa shape index (κ1) is 9.75. The van der Waals surface area contributed by atoms with Gasteiger partial charge in [0.05, 0.1) is 7.11 Å². The molecule has 0 saturated heterocycles. The first-order chi connectivity index (χ1) is 6.31. The Bertz CT molecular complexity index is 323. The van der Waals surface area contributed by atoms with E-state index in [0.717, 1.165) is 5.56 Å². The van der Waals surface area contributed by atoms with Crippen molar-refractivity contribution in [3.05, 3.63) is 30.3 Å².